The van der Waals surface area contributed by atoms with Crippen LogP contribution in [0, 0.1) is 0 Å². The van der Waals surface area contributed by atoms with Gasteiger partial charge in [0.2, 0.25) is 5.91 Å². The van der Waals surface area contributed by atoms with Gasteiger partial charge in [0.05, 0.1) is 6.42 Å². The zero-order valence-electron chi connectivity index (χ0n) is 6.91. The van der Waals surface area contributed by atoms with Crippen LogP contribution in [0.5, 0.6) is 0 Å². The van der Waals surface area contributed by atoms with E-state index in [1.54, 1.807) is 0 Å². The van der Waals surface area contributed by atoms with Crippen molar-refractivity contribution in [3.63, 3.8) is 0 Å². The maximum absolute atomic E-state index is 11.1. The predicted octanol–water partition coefficient (Wildman–Crippen LogP) is 1.62. The largest absolute Gasteiger partial charge is 0.300 e. The Bertz CT molecular complexity index is 248. The van der Waals surface area contributed by atoms with Crippen molar-refractivity contribution in [2.45, 2.75) is 6.42 Å². The molecule has 2 nitrogen and oxygen atoms in total. The Morgan fingerprint density at radius 3 is 2.67 bits per heavy atom. The van der Waals surface area contributed by atoms with Crippen LogP contribution in [0.4, 0.5) is 0 Å². The summed E-state index contributed by atoms with van der Waals surface area (Å²) in [6.45, 7) is 0. The van der Waals surface area contributed by atoms with Crippen LogP contribution in [-0.4, -0.2) is 12.2 Å². The quantitative estimate of drug-likeness (QED) is 0.718. The van der Waals surface area contributed by atoms with E-state index in [-0.39, 0.29) is 5.91 Å². The van der Waals surface area contributed by atoms with Crippen LogP contribution in [0.2, 0.25) is 0 Å². The molecule has 1 aromatic rings. The lowest BCUT2D eigenvalue weighted by atomic mass is 10.1. The molecule has 1 aromatic carbocycles. The van der Waals surface area contributed by atoms with Crippen molar-refractivity contribution in [2.24, 2.45) is 0 Å². The van der Waals surface area contributed by atoms with Crippen molar-refractivity contribution in [3.8, 4) is 0 Å². The average Bonchev–Trinajstić information content (AvgIpc) is 2.06. The molecular weight excluding hydrogens is 170 g/mol. The molecule has 0 aliphatic rings. The van der Waals surface area contributed by atoms with E-state index in [0.29, 0.717) is 6.42 Å². The van der Waals surface area contributed by atoms with Gasteiger partial charge in [-0.2, -0.15) is 0 Å². The van der Waals surface area contributed by atoms with Gasteiger partial charge < -0.3 is 4.72 Å². The van der Waals surface area contributed by atoms with Crippen molar-refractivity contribution in [2.75, 3.05) is 6.26 Å². The number of nitrogens with one attached hydrogen (secondary N) is 1. The molecule has 0 heterocycles. The maximum Gasteiger partial charge on any atom is 0.234 e. The Labute approximate surface area is 76.5 Å². The first-order valence-corrected chi connectivity index (χ1v) is 4.91. The molecule has 12 heavy (non-hydrogen) atoms. The summed E-state index contributed by atoms with van der Waals surface area (Å²) in [6.07, 6.45) is 2.30. The summed E-state index contributed by atoms with van der Waals surface area (Å²) in [7, 11) is 0. The van der Waals surface area contributed by atoms with Crippen LogP contribution in [0.1, 0.15) is 5.56 Å². The molecule has 1 amide bonds. The van der Waals surface area contributed by atoms with Gasteiger partial charge in [0.25, 0.3) is 0 Å². The van der Waals surface area contributed by atoms with E-state index >= 15 is 0 Å². The van der Waals surface area contributed by atoms with Gasteiger partial charge in [0, 0.05) is 6.26 Å². The van der Waals surface area contributed by atoms with Gasteiger partial charge in [-0.15, -0.1) is 0 Å². The van der Waals surface area contributed by atoms with Crippen molar-refractivity contribution in [3.05, 3.63) is 35.9 Å². The second-order valence-corrected chi connectivity index (χ2v) is 3.00. The molecule has 0 aliphatic heterocycles. The molecule has 0 unspecified atom stereocenters. The summed E-state index contributed by atoms with van der Waals surface area (Å²) >= 11 is 1.33. The Kier molecular flexibility index (Phi) is 3.67. The minimum atomic E-state index is 0.0497. The first-order valence-electron chi connectivity index (χ1n) is 3.68. The van der Waals surface area contributed by atoms with E-state index in [9.17, 15) is 4.79 Å². The minimum Gasteiger partial charge on any atom is -0.300 e. The van der Waals surface area contributed by atoms with E-state index in [4.69, 9.17) is 0 Å². The highest BCUT2D eigenvalue weighted by molar-refractivity contribution is 7.97. The Hall–Kier alpha value is -0.960. The van der Waals surface area contributed by atoms with E-state index in [1.165, 1.54) is 11.9 Å². The maximum atomic E-state index is 11.1. The SMILES string of the molecule is CSNC(=O)Cc1ccccc1. The number of hydrogen-bond donors (Lipinski definition) is 1. The van der Waals surface area contributed by atoms with Crippen LogP contribution >= 0.6 is 11.9 Å². The summed E-state index contributed by atoms with van der Waals surface area (Å²) in [5.74, 6) is 0.0497. The Morgan fingerprint density at radius 1 is 1.42 bits per heavy atom. The lowest BCUT2D eigenvalue weighted by Crippen LogP contribution is -2.17. The minimum absolute atomic E-state index is 0.0497. The molecule has 1 rings (SSSR count). The summed E-state index contributed by atoms with van der Waals surface area (Å²) in [5.41, 5.74) is 1.05. The molecule has 1 N–H and O–H groups in total. The van der Waals surface area contributed by atoms with Crippen LogP contribution < -0.4 is 4.72 Å². The summed E-state index contributed by atoms with van der Waals surface area (Å²) in [6, 6.07) is 9.69. The summed E-state index contributed by atoms with van der Waals surface area (Å²) in [5, 5.41) is 0. The molecule has 0 saturated heterocycles. The zero-order chi connectivity index (χ0) is 8.81. The molecule has 0 saturated carbocycles. The predicted molar refractivity (Wildman–Crippen MR) is 51.8 cm³/mol. The highest BCUT2D eigenvalue weighted by Crippen LogP contribution is 1.99. The van der Waals surface area contributed by atoms with Gasteiger partial charge >= 0.3 is 0 Å². The lowest BCUT2D eigenvalue weighted by molar-refractivity contribution is -0.118. The Morgan fingerprint density at radius 2 is 2.08 bits per heavy atom. The van der Waals surface area contributed by atoms with Crippen LogP contribution in [-0.2, 0) is 11.2 Å². The molecule has 0 atom stereocenters. The first kappa shape index (κ1) is 9.13. The van der Waals surface area contributed by atoms with Gasteiger partial charge in [0.15, 0.2) is 0 Å². The number of benzene rings is 1. The monoisotopic (exact) mass is 181 g/mol. The third-order valence-corrected chi connectivity index (χ3v) is 1.86. The first-order chi connectivity index (χ1) is 5.83. The third-order valence-electron chi connectivity index (χ3n) is 1.42. The molecule has 0 radical (unpaired) electrons. The fraction of sp³-hybridized carbons (Fsp3) is 0.222. The van der Waals surface area contributed by atoms with Crippen LogP contribution in [0.25, 0.3) is 0 Å². The van der Waals surface area contributed by atoms with E-state index in [0.717, 1.165) is 5.56 Å². The van der Waals surface area contributed by atoms with Crippen LogP contribution in [0.15, 0.2) is 30.3 Å². The van der Waals surface area contributed by atoms with Crippen molar-refractivity contribution in [1.29, 1.82) is 0 Å². The fourth-order valence-electron chi connectivity index (χ4n) is 0.931. The lowest BCUT2D eigenvalue weighted by Gasteiger charge is -2.00. The Balaban J connectivity index is 2.47. The van der Waals surface area contributed by atoms with Gasteiger partial charge in [-0.05, 0) is 5.56 Å². The second kappa shape index (κ2) is 4.83. The topological polar surface area (TPSA) is 29.1 Å². The van der Waals surface area contributed by atoms with Gasteiger partial charge in [-0.1, -0.05) is 42.3 Å². The molecule has 0 bridgehead atoms. The summed E-state index contributed by atoms with van der Waals surface area (Å²) in [4.78, 5) is 11.1. The number of carbonyl (C=O) groups excluding carboxylic acids is 1. The standard InChI is InChI=1S/C9H11NOS/c1-12-10-9(11)7-8-5-3-2-4-6-8/h2-6H,7H2,1H3,(H,10,11). The van der Waals surface area contributed by atoms with Gasteiger partial charge in [0.1, 0.15) is 0 Å². The highest BCUT2D eigenvalue weighted by atomic mass is 32.2. The molecule has 0 fully saturated rings. The van der Waals surface area contributed by atoms with E-state index < -0.39 is 0 Å². The highest BCUT2D eigenvalue weighted by Gasteiger charge is 1.99. The van der Waals surface area contributed by atoms with E-state index in [1.807, 2.05) is 36.6 Å². The van der Waals surface area contributed by atoms with E-state index in [2.05, 4.69) is 4.72 Å². The van der Waals surface area contributed by atoms with Gasteiger partial charge in [-0.25, -0.2) is 0 Å². The molecule has 0 aromatic heterocycles. The normalized spacial score (nSPS) is 9.42. The smallest absolute Gasteiger partial charge is 0.234 e. The number of amides is 1. The number of rotatable bonds is 3. The van der Waals surface area contributed by atoms with Crippen molar-refractivity contribution < 1.29 is 4.79 Å². The molecular formula is C9H11NOS. The number of hydrogen-bond acceptors (Lipinski definition) is 2. The fourth-order valence-corrected chi connectivity index (χ4v) is 1.23. The molecule has 3 heteroatoms. The molecule has 0 aliphatic carbocycles. The van der Waals surface area contributed by atoms with Gasteiger partial charge in [-0.3, -0.25) is 4.79 Å². The molecule has 0 spiro atoms. The average molecular weight is 181 g/mol. The second-order valence-electron chi connectivity index (χ2n) is 2.39. The number of carbonyl (C=O) groups is 1. The molecule has 64 valence electrons. The third kappa shape index (κ3) is 2.96. The zero-order valence-corrected chi connectivity index (χ0v) is 7.73. The van der Waals surface area contributed by atoms with Crippen molar-refractivity contribution >= 4 is 17.9 Å². The van der Waals surface area contributed by atoms with Crippen LogP contribution in [0.3, 0.4) is 0 Å². The van der Waals surface area contributed by atoms with Crippen molar-refractivity contribution in [1.82, 2.24) is 4.72 Å². The summed E-state index contributed by atoms with van der Waals surface area (Å²) < 4.78 is 2.67.